The van der Waals surface area contributed by atoms with Gasteiger partial charge in [-0.1, -0.05) is 12.1 Å². The van der Waals surface area contributed by atoms with Gasteiger partial charge in [0.05, 0.1) is 5.69 Å². The van der Waals surface area contributed by atoms with E-state index in [0.717, 1.165) is 27.1 Å². The summed E-state index contributed by atoms with van der Waals surface area (Å²) in [6.45, 7) is 3.90. The Bertz CT molecular complexity index is 874. The van der Waals surface area contributed by atoms with Crippen LogP contribution >= 0.6 is 15.9 Å². The molecule has 3 rings (SSSR count). The Hall–Kier alpha value is -2.28. The Morgan fingerprint density at radius 2 is 2.09 bits per heavy atom. The van der Waals surface area contributed by atoms with Crippen LogP contribution in [0.15, 0.2) is 35.1 Å². The fourth-order valence-corrected chi connectivity index (χ4v) is 2.91. The zero-order valence-corrected chi connectivity index (χ0v) is 14.5. The van der Waals surface area contributed by atoms with Crippen LogP contribution in [0.4, 0.5) is 5.69 Å². The van der Waals surface area contributed by atoms with Crippen molar-refractivity contribution in [3.05, 3.63) is 52.0 Å². The third-order valence-corrected chi connectivity index (χ3v) is 4.43. The molecule has 118 valence electrons. The molecule has 1 N–H and O–H groups in total. The molecule has 0 bridgehead atoms. The second-order valence-electron chi connectivity index (χ2n) is 5.26. The first kappa shape index (κ1) is 15.6. The van der Waals surface area contributed by atoms with E-state index in [1.807, 2.05) is 38.1 Å². The van der Waals surface area contributed by atoms with Gasteiger partial charge in [0.25, 0.3) is 5.78 Å². The predicted molar refractivity (Wildman–Crippen MR) is 91.3 cm³/mol. The standard InChI is InChI=1S/C16H16BrN5O/c1-10-12(11(2)22-16(20-10)18-9-19-22)7-8-15(23)21-14-6-4-3-5-13(14)17/h3-6,9H,7-8H2,1-2H3,(H,21,23). The Morgan fingerprint density at radius 1 is 1.30 bits per heavy atom. The molecule has 6 nitrogen and oxygen atoms in total. The number of fused-ring (bicyclic) bond motifs is 1. The van der Waals surface area contributed by atoms with Gasteiger partial charge in [0, 0.05) is 22.3 Å². The molecule has 0 spiro atoms. The van der Waals surface area contributed by atoms with Crippen LogP contribution in [-0.2, 0) is 11.2 Å². The van der Waals surface area contributed by atoms with E-state index < -0.39 is 0 Å². The smallest absolute Gasteiger partial charge is 0.252 e. The minimum absolute atomic E-state index is 0.0330. The molecule has 0 saturated carbocycles. The third-order valence-electron chi connectivity index (χ3n) is 3.74. The van der Waals surface area contributed by atoms with E-state index in [0.29, 0.717) is 18.6 Å². The van der Waals surface area contributed by atoms with Crippen LogP contribution in [0, 0.1) is 13.8 Å². The first-order valence-corrected chi connectivity index (χ1v) is 8.05. The van der Waals surface area contributed by atoms with Crippen molar-refractivity contribution in [3.63, 3.8) is 0 Å². The Morgan fingerprint density at radius 3 is 2.87 bits per heavy atom. The van der Waals surface area contributed by atoms with Crippen LogP contribution in [-0.4, -0.2) is 25.5 Å². The van der Waals surface area contributed by atoms with Crippen molar-refractivity contribution in [2.45, 2.75) is 26.7 Å². The van der Waals surface area contributed by atoms with Crippen molar-refractivity contribution in [3.8, 4) is 0 Å². The molecule has 0 fully saturated rings. The summed E-state index contributed by atoms with van der Waals surface area (Å²) in [5, 5.41) is 7.07. The van der Waals surface area contributed by atoms with E-state index in [9.17, 15) is 4.79 Å². The summed E-state index contributed by atoms with van der Waals surface area (Å²) in [6, 6.07) is 7.55. The summed E-state index contributed by atoms with van der Waals surface area (Å²) in [5.74, 6) is 0.552. The van der Waals surface area contributed by atoms with Crippen molar-refractivity contribution in [2.75, 3.05) is 5.32 Å². The summed E-state index contributed by atoms with van der Waals surface area (Å²) < 4.78 is 2.57. The van der Waals surface area contributed by atoms with Gasteiger partial charge >= 0.3 is 0 Å². The molecule has 0 aliphatic carbocycles. The second kappa shape index (κ2) is 6.45. The van der Waals surface area contributed by atoms with Gasteiger partial charge in [0.2, 0.25) is 5.91 Å². The lowest BCUT2D eigenvalue weighted by Gasteiger charge is -2.11. The van der Waals surface area contributed by atoms with Gasteiger partial charge < -0.3 is 5.32 Å². The molecule has 23 heavy (non-hydrogen) atoms. The van der Waals surface area contributed by atoms with Gasteiger partial charge in [0.15, 0.2) is 0 Å². The van der Waals surface area contributed by atoms with Gasteiger partial charge in [-0.2, -0.15) is 10.1 Å². The van der Waals surface area contributed by atoms with Crippen LogP contribution in [0.25, 0.3) is 5.78 Å². The molecule has 1 amide bonds. The molecule has 3 aromatic rings. The maximum absolute atomic E-state index is 12.2. The van der Waals surface area contributed by atoms with Crippen molar-refractivity contribution >= 4 is 33.3 Å². The number of rotatable bonds is 4. The lowest BCUT2D eigenvalue weighted by atomic mass is 10.1. The molecular formula is C16H16BrN5O. The summed E-state index contributed by atoms with van der Waals surface area (Å²) in [6.07, 6.45) is 2.47. The van der Waals surface area contributed by atoms with E-state index in [-0.39, 0.29) is 5.91 Å². The number of carbonyl (C=O) groups is 1. The van der Waals surface area contributed by atoms with Crippen molar-refractivity contribution < 1.29 is 4.79 Å². The van der Waals surface area contributed by atoms with E-state index in [1.54, 1.807) is 4.52 Å². The van der Waals surface area contributed by atoms with E-state index in [1.165, 1.54) is 6.33 Å². The van der Waals surface area contributed by atoms with Crippen LogP contribution in [0.2, 0.25) is 0 Å². The normalized spacial score (nSPS) is 10.9. The third kappa shape index (κ3) is 3.24. The summed E-state index contributed by atoms with van der Waals surface area (Å²) in [4.78, 5) is 20.7. The highest BCUT2D eigenvalue weighted by molar-refractivity contribution is 9.10. The molecule has 0 aliphatic heterocycles. The van der Waals surface area contributed by atoms with Gasteiger partial charge in [-0.3, -0.25) is 4.79 Å². The van der Waals surface area contributed by atoms with Crippen molar-refractivity contribution in [2.24, 2.45) is 0 Å². The van der Waals surface area contributed by atoms with Crippen LogP contribution < -0.4 is 5.32 Å². The fraction of sp³-hybridized carbons (Fsp3) is 0.250. The number of amides is 1. The maximum Gasteiger partial charge on any atom is 0.252 e. The molecule has 0 atom stereocenters. The number of aromatic nitrogens is 4. The fourth-order valence-electron chi connectivity index (χ4n) is 2.53. The Kier molecular flexibility index (Phi) is 4.38. The number of nitrogens with zero attached hydrogens (tertiary/aromatic N) is 4. The highest BCUT2D eigenvalue weighted by Gasteiger charge is 2.13. The summed E-state index contributed by atoms with van der Waals surface area (Å²) >= 11 is 3.42. The minimum atomic E-state index is -0.0330. The molecule has 2 heterocycles. The Labute approximate surface area is 142 Å². The SMILES string of the molecule is Cc1nc2ncnn2c(C)c1CCC(=O)Nc1ccccc1Br. The monoisotopic (exact) mass is 373 g/mol. The largest absolute Gasteiger partial charge is 0.325 e. The number of hydrogen-bond donors (Lipinski definition) is 1. The number of benzene rings is 1. The average molecular weight is 374 g/mol. The molecule has 2 aromatic heterocycles. The average Bonchev–Trinajstić information content (AvgIpc) is 2.98. The van der Waals surface area contributed by atoms with Gasteiger partial charge in [-0.15, -0.1) is 0 Å². The number of aryl methyl sites for hydroxylation is 2. The molecular weight excluding hydrogens is 358 g/mol. The predicted octanol–water partition coefficient (Wildman–Crippen LogP) is 3.07. The number of para-hydroxylation sites is 1. The zero-order valence-electron chi connectivity index (χ0n) is 12.9. The minimum Gasteiger partial charge on any atom is -0.325 e. The lowest BCUT2D eigenvalue weighted by Crippen LogP contribution is -2.14. The molecule has 7 heteroatoms. The molecule has 0 saturated heterocycles. The van der Waals surface area contributed by atoms with Crippen molar-refractivity contribution in [1.29, 1.82) is 0 Å². The number of nitrogens with one attached hydrogen (secondary N) is 1. The van der Waals surface area contributed by atoms with Crippen LogP contribution in [0.5, 0.6) is 0 Å². The topological polar surface area (TPSA) is 72.2 Å². The molecule has 0 unspecified atom stereocenters. The van der Waals surface area contributed by atoms with Gasteiger partial charge in [-0.05, 0) is 53.9 Å². The van der Waals surface area contributed by atoms with E-state index in [4.69, 9.17) is 0 Å². The lowest BCUT2D eigenvalue weighted by molar-refractivity contribution is -0.116. The molecule has 0 aliphatic rings. The highest BCUT2D eigenvalue weighted by atomic mass is 79.9. The number of hydrogen-bond acceptors (Lipinski definition) is 4. The van der Waals surface area contributed by atoms with E-state index in [2.05, 4.69) is 36.3 Å². The van der Waals surface area contributed by atoms with Gasteiger partial charge in [-0.25, -0.2) is 9.50 Å². The van der Waals surface area contributed by atoms with E-state index >= 15 is 0 Å². The number of anilines is 1. The van der Waals surface area contributed by atoms with Crippen LogP contribution in [0.1, 0.15) is 23.4 Å². The molecule has 1 aromatic carbocycles. The highest BCUT2D eigenvalue weighted by Crippen LogP contribution is 2.22. The summed E-state index contributed by atoms with van der Waals surface area (Å²) in [7, 11) is 0. The Balaban J connectivity index is 1.73. The maximum atomic E-state index is 12.2. The quantitative estimate of drug-likeness (QED) is 0.762. The zero-order chi connectivity index (χ0) is 16.4. The van der Waals surface area contributed by atoms with Gasteiger partial charge in [0.1, 0.15) is 6.33 Å². The number of halogens is 1. The van der Waals surface area contributed by atoms with Crippen molar-refractivity contribution in [1.82, 2.24) is 19.6 Å². The second-order valence-corrected chi connectivity index (χ2v) is 6.12. The summed E-state index contributed by atoms with van der Waals surface area (Å²) in [5.41, 5.74) is 3.66. The number of carbonyl (C=O) groups excluding carboxylic acids is 1. The molecule has 0 radical (unpaired) electrons. The van der Waals surface area contributed by atoms with Crippen LogP contribution in [0.3, 0.4) is 0 Å². The first-order valence-electron chi connectivity index (χ1n) is 7.26. The first-order chi connectivity index (χ1) is 11.1.